The standard InChI is InChI=1S/C16H14Br2N4O2/c1-21(2)8-14(23)22-13-7-11(18)10(17)6-12(13)20-16(24)9-4-3-5-19-15(9)22/h3-7H,8H2,1-2H3,(H,20,24). The van der Waals surface area contributed by atoms with Crippen LogP contribution in [0.2, 0.25) is 0 Å². The molecule has 0 radical (unpaired) electrons. The summed E-state index contributed by atoms with van der Waals surface area (Å²) in [6.07, 6.45) is 1.57. The molecule has 24 heavy (non-hydrogen) atoms. The number of pyridine rings is 1. The molecule has 0 spiro atoms. The summed E-state index contributed by atoms with van der Waals surface area (Å²) in [5.41, 5.74) is 1.47. The second-order valence-electron chi connectivity index (χ2n) is 5.58. The van der Waals surface area contributed by atoms with Gasteiger partial charge in [0.1, 0.15) is 0 Å². The van der Waals surface area contributed by atoms with Gasteiger partial charge < -0.3 is 10.2 Å². The van der Waals surface area contributed by atoms with Crippen molar-refractivity contribution in [3.05, 3.63) is 45.0 Å². The molecular formula is C16H14Br2N4O2. The fourth-order valence-corrected chi connectivity index (χ4v) is 3.15. The van der Waals surface area contributed by atoms with Crippen LogP contribution in [0.15, 0.2) is 39.4 Å². The molecule has 124 valence electrons. The molecule has 0 saturated heterocycles. The average molecular weight is 454 g/mol. The zero-order valence-corrected chi connectivity index (χ0v) is 16.2. The molecule has 1 aliphatic heterocycles. The summed E-state index contributed by atoms with van der Waals surface area (Å²) in [6, 6.07) is 6.88. The number of anilines is 3. The molecule has 0 unspecified atom stereocenters. The minimum Gasteiger partial charge on any atom is -0.320 e. The summed E-state index contributed by atoms with van der Waals surface area (Å²) < 4.78 is 1.55. The van der Waals surface area contributed by atoms with Gasteiger partial charge in [-0.15, -0.1) is 0 Å². The number of nitrogens with zero attached hydrogens (tertiary/aromatic N) is 3. The first-order valence-corrected chi connectivity index (χ1v) is 8.70. The lowest BCUT2D eigenvalue weighted by molar-refractivity contribution is -0.118. The number of fused-ring (bicyclic) bond motifs is 2. The van der Waals surface area contributed by atoms with Gasteiger partial charge in [0, 0.05) is 15.1 Å². The molecule has 6 nitrogen and oxygen atoms in total. The third-order valence-electron chi connectivity index (χ3n) is 3.47. The van der Waals surface area contributed by atoms with Crippen molar-refractivity contribution in [1.82, 2.24) is 9.88 Å². The number of hydrogen-bond acceptors (Lipinski definition) is 4. The number of halogens is 2. The van der Waals surface area contributed by atoms with E-state index < -0.39 is 0 Å². The Morgan fingerprint density at radius 1 is 1.29 bits per heavy atom. The summed E-state index contributed by atoms with van der Waals surface area (Å²) in [5.74, 6) is -0.143. The van der Waals surface area contributed by atoms with Gasteiger partial charge in [0.25, 0.3) is 5.91 Å². The zero-order valence-electron chi connectivity index (χ0n) is 13.0. The molecule has 1 N–H and O–H groups in total. The minimum absolute atomic E-state index is 0.174. The Hall–Kier alpha value is -1.77. The van der Waals surface area contributed by atoms with Crippen LogP contribution in [0.1, 0.15) is 10.4 Å². The van der Waals surface area contributed by atoms with E-state index in [9.17, 15) is 9.59 Å². The van der Waals surface area contributed by atoms with Crippen LogP contribution in [0.3, 0.4) is 0 Å². The number of amides is 2. The van der Waals surface area contributed by atoms with E-state index in [1.807, 2.05) is 14.1 Å². The smallest absolute Gasteiger partial charge is 0.259 e. The highest BCUT2D eigenvalue weighted by Crippen LogP contribution is 2.41. The third-order valence-corrected chi connectivity index (χ3v) is 5.32. The van der Waals surface area contributed by atoms with Crippen molar-refractivity contribution >= 4 is 60.9 Å². The summed E-state index contributed by atoms with van der Waals surface area (Å²) >= 11 is 6.88. The zero-order chi connectivity index (χ0) is 17.4. The van der Waals surface area contributed by atoms with Gasteiger partial charge >= 0.3 is 0 Å². The van der Waals surface area contributed by atoms with Crippen LogP contribution in [0.5, 0.6) is 0 Å². The van der Waals surface area contributed by atoms with Crippen molar-refractivity contribution in [1.29, 1.82) is 0 Å². The topological polar surface area (TPSA) is 65.5 Å². The number of nitrogens with one attached hydrogen (secondary N) is 1. The van der Waals surface area contributed by atoms with Crippen LogP contribution in [0.4, 0.5) is 17.2 Å². The molecule has 3 rings (SSSR count). The number of aromatic nitrogens is 1. The van der Waals surface area contributed by atoms with Gasteiger partial charge in [-0.25, -0.2) is 4.98 Å². The lowest BCUT2D eigenvalue weighted by atomic mass is 10.2. The van der Waals surface area contributed by atoms with Gasteiger partial charge in [0.05, 0.1) is 23.5 Å². The average Bonchev–Trinajstić information content (AvgIpc) is 2.62. The molecular weight excluding hydrogens is 440 g/mol. The van der Waals surface area contributed by atoms with Crippen LogP contribution in [0, 0.1) is 0 Å². The highest BCUT2D eigenvalue weighted by molar-refractivity contribution is 9.13. The quantitative estimate of drug-likeness (QED) is 0.756. The maximum absolute atomic E-state index is 12.9. The predicted molar refractivity (Wildman–Crippen MR) is 99.7 cm³/mol. The van der Waals surface area contributed by atoms with E-state index in [4.69, 9.17) is 0 Å². The monoisotopic (exact) mass is 452 g/mol. The molecule has 0 fully saturated rings. The van der Waals surface area contributed by atoms with Crippen LogP contribution >= 0.6 is 31.9 Å². The van der Waals surface area contributed by atoms with Crippen molar-refractivity contribution < 1.29 is 9.59 Å². The number of rotatable bonds is 2. The van der Waals surface area contributed by atoms with E-state index >= 15 is 0 Å². The van der Waals surface area contributed by atoms with Crippen LogP contribution in [-0.4, -0.2) is 42.3 Å². The van der Waals surface area contributed by atoms with Crippen molar-refractivity contribution in [3.8, 4) is 0 Å². The Morgan fingerprint density at radius 2 is 2.00 bits per heavy atom. The number of carbonyl (C=O) groups is 2. The Bertz CT molecular complexity index is 839. The summed E-state index contributed by atoms with van der Waals surface area (Å²) in [4.78, 5) is 32.9. The first kappa shape index (κ1) is 17.1. The van der Waals surface area contributed by atoms with Crippen LogP contribution in [-0.2, 0) is 4.79 Å². The van der Waals surface area contributed by atoms with E-state index in [-0.39, 0.29) is 18.4 Å². The van der Waals surface area contributed by atoms with Gasteiger partial charge in [-0.1, -0.05) is 0 Å². The van der Waals surface area contributed by atoms with Crippen molar-refractivity contribution in [2.45, 2.75) is 0 Å². The Morgan fingerprint density at radius 3 is 2.71 bits per heavy atom. The van der Waals surface area contributed by atoms with Gasteiger partial charge in [-0.2, -0.15) is 0 Å². The molecule has 1 aliphatic rings. The van der Waals surface area contributed by atoms with E-state index in [0.29, 0.717) is 22.8 Å². The van der Waals surface area contributed by atoms with Crippen molar-refractivity contribution in [3.63, 3.8) is 0 Å². The molecule has 2 amide bonds. The first-order chi connectivity index (χ1) is 11.4. The summed E-state index contributed by atoms with van der Waals surface area (Å²) in [7, 11) is 3.63. The Kier molecular flexibility index (Phi) is 4.71. The van der Waals surface area contributed by atoms with Crippen molar-refractivity contribution in [2.24, 2.45) is 0 Å². The van der Waals surface area contributed by atoms with E-state index in [1.165, 1.54) is 4.90 Å². The van der Waals surface area contributed by atoms with Gasteiger partial charge in [0.2, 0.25) is 5.91 Å². The predicted octanol–water partition coefficient (Wildman–Crippen LogP) is 3.40. The number of likely N-dealkylation sites (N-methyl/N-ethyl adjacent to an activating group) is 1. The summed E-state index contributed by atoms with van der Waals surface area (Å²) in [6.45, 7) is 0.192. The SMILES string of the molecule is CN(C)CC(=O)N1c2cc(Br)c(Br)cc2NC(=O)c2cccnc21. The van der Waals surface area contributed by atoms with Gasteiger partial charge in [0.15, 0.2) is 5.82 Å². The van der Waals surface area contributed by atoms with Gasteiger partial charge in [-0.3, -0.25) is 14.5 Å². The molecule has 1 aromatic heterocycles. The Labute approximate surface area is 156 Å². The highest BCUT2D eigenvalue weighted by Gasteiger charge is 2.31. The molecule has 0 bridgehead atoms. The molecule has 0 atom stereocenters. The summed E-state index contributed by atoms with van der Waals surface area (Å²) in [5, 5.41) is 2.85. The number of benzene rings is 1. The Balaban J connectivity index is 2.25. The maximum atomic E-state index is 12.9. The van der Waals surface area contributed by atoms with E-state index in [2.05, 4.69) is 42.2 Å². The second kappa shape index (κ2) is 6.62. The highest BCUT2D eigenvalue weighted by atomic mass is 79.9. The normalized spacial score (nSPS) is 13.2. The molecule has 1 aromatic carbocycles. The minimum atomic E-state index is -0.297. The van der Waals surface area contributed by atoms with E-state index in [1.54, 1.807) is 35.4 Å². The lowest BCUT2D eigenvalue weighted by Gasteiger charge is -2.24. The fraction of sp³-hybridized carbons (Fsp3) is 0.188. The van der Waals surface area contributed by atoms with E-state index in [0.717, 1.165) is 8.95 Å². The largest absolute Gasteiger partial charge is 0.320 e. The third kappa shape index (κ3) is 3.09. The number of hydrogen-bond donors (Lipinski definition) is 1. The molecule has 0 aliphatic carbocycles. The number of carbonyl (C=O) groups excluding carboxylic acids is 2. The van der Waals surface area contributed by atoms with Crippen LogP contribution in [0.25, 0.3) is 0 Å². The van der Waals surface area contributed by atoms with Crippen LogP contribution < -0.4 is 10.2 Å². The van der Waals surface area contributed by atoms with Gasteiger partial charge in [-0.05, 0) is 70.2 Å². The lowest BCUT2D eigenvalue weighted by Crippen LogP contribution is -2.35. The molecule has 2 aromatic rings. The van der Waals surface area contributed by atoms with Crippen molar-refractivity contribution in [2.75, 3.05) is 30.9 Å². The second-order valence-corrected chi connectivity index (χ2v) is 7.29. The first-order valence-electron chi connectivity index (χ1n) is 7.11. The molecule has 0 saturated carbocycles. The fourth-order valence-electron chi connectivity index (χ4n) is 2.47. The molecule has 2 heterocycles. The molecule has 8 heteroatoms. The maximum Gasteiger partial charge on any atom is 0.259 e.